The van der Waals surface area contributed by atoms with Crippen LogP contribution in [-0.2, 0) is 0 Å². The molecule has 6 heteroatoms. The van der Waals surface area contributed by atoms with E-state index < -0.39 is 0 Å². The Hall–Kier alpha value is -1.82. The second kappa shape index (κ2) is 5.88. The molecule has 6 nitrogen and oxygen atoms in total. The van der Waals surface area contributed by atoms with E-state index in [1.54, 1.807) is 12.3 Å². The Morgan fingerprint density at radius 3 is 2.89 bits per heavy atom. The largest absolute Gasteiger partial charge is 0.409 e. The number of nitrogens with zero attached hydrogens (tertiary/aromatic N) is 4. The number of aromatic nitrogens is 1. The number of anilines is 1. The summed E-state index contributed by atoms with van der Waals surface area (Å²) in [7, 11) is 2.17. The van der Waals surface area contributed by atoms with Gasteiger partial charge in [-0.1, -0.05) is 12.1 Å². The number of pyridine rings is 1. The predicted octanol–water partition coefficient (Wildman–Crippen LogP) is 0.707. The molecule has 0 amide bonds. The van der Waals surface area contributed by atoms with Crippen LogP contribution in [0.2, 0.25) is 0 Å². The molecule has 19 heavy (non-hydrogen) atoms. The number of oxime groups is 1. The van der Waals surface area contributed by atoms with Gasteiger partial charge in [-0.05, 0) is 25.6 Å². The molecule has 1 fully saturated rings. The zero-order valence-corrected chi connectivity index (χ0v) is 11.5. The molecular weight excluding hydrogens is 242 g/mol. The van der Waals surface area contributed by atoms with Crippen molar-refractivity contribution < 1.29 is 5.21 Å². The van der Waals surface area contributed by atoms with Gasteiger partial charge in [0, 0.05) is 25.7 Å². The first kappa shape index (κ1) is 13.6. The number of likely N-dealkylation sites (N-methyl/N-ethyl adjacent to an activating group) is 1. The van der Waals surface area contributed by atoms with Gasteiger partial charge in [0.15, 0.2) is 5.84 Å². The lowest BCUT2D eigenvalue weighted by Crippen LogP contribution is -2.51. The normalized spacial score (nSPS) is 21.7. The first-order chi connectivity index (χ1) is 9.15. The zero-order valence-electron chi connectivity index (χ0n) is 11.5. The van der Waals surface area contributed by atoms with Crippen LogP contribution in [0.3, 0.4) is 0 Å². The van der Waals surface area contributed by atoms with E-state index in [2.05, 4.69) is 33.9 Å². The van der Waals surface area contributed by atoms with Gasteiger partial charge in [-0.15, -0.1) is 0 Å². The van der Waals surface area contributed by atoms with Gasteiger partial charge >= 0.3 is 0 Å². The highest BCUT2D eigenvalue weighted by molar-refractivity contribution is 5.95. The topological polar surface area (TPSA) is 78.0 Å². The van der Waals surface area contributed by atoms with Crippen LogP contribution in [0.4, 0.5) is 5.69 Å². The Bertz CT molecular complexity index is 445. The highest BCUT2D eigenvalue weighted by Crippen LogP contribution is 2.19. The molecule has 1 aliphatic rings. The Kier molecular flexibility index (Phi) is 4.21. The van der Waals surface area contributed by atoms with Crippen LogP contribution < -0.4 is 10.6 Å². The van der Waals surface area contributed by atoms with Crippen molar-refractivity contribution >= 4 is 11.5 Å². The highest BCUT2D eigenvalue weighted by atomic mass is 16.4. The number of hydrogen-bond donors (Lipinski definition) is 2. The van der Waals surface area contributed by atoms with Crippen molar-refractivity contribution in [2.24, 2.45) is 10.9 Å². The Morgan fingerprint density at radius 1 is 1.53 bits per heavy atom. The molecular formula is C13H21N5O. The second-order valence-corrected chi connectivity index (χ2v) is 4.88. The summed E-state index contributed by atoms with van der Waals surface area (Å²) >= 11 is 0. The predicted molar refractivity (Wildman–Crippen MR) is 75.7 cm³/mol. The van der Waals surface area contributed by atoms with Gasteiger partial charge in [0.25, 0.3) is 0 Å². The Morgan fingerprint density at radius 2 is 2.32 bits per heavy atom. The van der Waals surface area contributed by atoms with Gasteiger partial charge in [-0.2, -0.15) is 0 Å². The monoisotopic (exact) mass is 263 g/mol. The quantitative estimate of drug-likeness (QED) is 0.363. The van der Waals surface area contributed by atoms with Crippen molar-refractivity contribution in [1.82, 2.24) is 9.88 Å². The molecule has 3 N–H and O–H groups in total. The molecule has 0 saturated carbocycles. The van der Waals surface area contributed by atoms with Crippen LogP contribution in [0.1, 0.15) is 19.0 Å². The van der Waals surface area contributed by atoms with Crippen LogP contribution in [0.25, 0.3) is 0 Å². The number of rotatable bonds is 3. The standard InChI is InChI=1S/C13H21N5O/c1-3-10-9-18(7-6-17(10)2)11-4-5-12(15-8-11)13(14)16-19/h4-5,8,10,19H,3,6-7,9H2,1-2H3,(H2,14,16). The van der Waals surface area contributed by atoms with Crippen LogP contribution in [0.15, 0.2) is 23.5 Å². The molecule has 2 rings (SSSR count). The number of nitrogens with two attached hydrogens (primary N) is 1. The zero-order chi connectivity index (χ0) is 13.8. The van der Waals surface area contributed by atoms with Crippen LogP contribution >= 0.6 is 0 Å². The summed E-state index contributed by atoms with van der Waals surface area (Å²) in [5, 5.41) is 11.6. The third-order valence-electron chi connectivity index (χ3n) is 3.73. The molecule has 1 aromatic heterocycles. The molecule has 0 bridgehead atoms. The molecule has 0 aliphatic carbocycles. The van der Waals surface area contributed by atoms with Crippen molar-refractivity contribution in [3.63, 3.8) is 0 Å². The van der Waals surface area contributed by atoms with E-state index in [-0.39, 0.29) is 5.84 Å². The number of piperazine rings is 1. The number of hydrogen-bond acceptors (Lipinski definition) is 5. The maximum absolute atomic E-state index is 8.61. The van der Waals surface area contributed by atoms with Gasteiger partial charge in [0.1, 0.15) is 5.69 Å². The second-order valence-electron chi connectivity index (χ2n) is 4.88. The Balaban J connectivity index is 2.10. The summed E-state index contributed by atoms with van der Waals surface area (Å²) < 4.78 is 0. The molecule has 104 valence electrons. The van der Waals surface area contributed by atoms with Crippen LogP contribution in [0.5, 0.6) is 0 Å². The SMILES string of the molecule is CCC1CN(c2ccc(/C(N)=N/O)nc2)CCN1C. The van der Waals surface area contributed by atoms with E-state index in [0.717, 1.165) is 31.7 Å². The number of amidine groups is 1. The van der Waals surface area contributed by atoms with Crippen molar-refractivity contribution in [1.29, 1.82) is 0 Å². The average Bonchev–Trinajstić information content (AvgIpc) is 2.47. The minimum atomic E-state index is 0.0383. The molecule has 1 unspecified atom stereocenters. The lowest BCUT2D eigenvalue weighted by atomic mass is 10.1. The molecule has 1 aliphatic heterocycles. The summed E-state index contributed by atoms with van der Waals surface area (Å²) in [6.07, 6.45) is 2.92. The highest BCUT2D eigenvalue weighted by Gasteiger charge is 2.23. The van der Waals surface area contributed by atoms with E-state index >= 15 is 0 Å². The fourth-order valence-corrected chi connectivity index (χ4v) is 2.40. The molecule has 0 radical (unpaired) electrons. The van der Waals surface area contributed by atoms with Gasteiger partial charge in [-0.25, -0.2) is 0 Å². The molecule has 0 spiro atoms. The van der Waals surface area contributed by atoms with E-state index in [9.17, 15) is 0 Å². The summed E-state index contributed by atoms with van der Waals surface area (Å²) in [4.78, 5) is 8.95. The first-order valence-corrected chi connectivity index (χ1v) is 6.54. The van der Waals surface area contributed by atoms with Crippen molar-refractivity contribution in [2.75, 3.05) is 31.6 Å². The lowest BCUT2D eigenvalue weighted by Gasteiger charge is -2.40. The molecule has 2 heterocycles. The van der Waals surface area contributed by atoms with E-state index in [1.165, 1.54) is 0 Å². The smallest absolute Gasteiger partial charge is 0.188 e. The summed E-state index contributed by atoms with van der Waals surface area (Å²) in [5.74, 6) is 0.0383. The van der Waals surface area contributed by atoms with Gasteiger partial charge < -0.3 is 15.8 Å². The van der Waals surface area contributed by atoms with E-state index in [0.29, 0.717) is 11.7 Å². The van der Waals surface area contributed by atoms with Gasteiger partial charge in [0.2, 0.25) is 0 Å². The minimum absolute atomic E-state index is 0.0383. The van der Waals surface area contributed by atoms with Crippen LogP contribution in [0, 0.1) is 0 Å². The van der Waals surface area contributed by atoms with E-state index in [1.807, 2.05) is 6.07 Å². The molecule has 1 aromatic rings. The van der Waals surface area contributed by atoms with Crippen molar-refractivity contribution in [3.8, 4) is 0 Å². The molecule has 1 saturated heterocycles. The minimum Gasteiger partial charge on any atom is -0.409 e. The summed E-state index contributed by atoms with van der Waals surface area (Å²) in [6, 6.07) is 4.33. The van der Waals surface area contributed by atoms with Crippen LogP contribution in [-0.4, -0.2) is 53.7 Å². The summed E-state index contributed by atoms with van der Waals surface area (Å²) in [6.45, 7) is 5.28. The maximum atomic E-state index is 8.61. The Labute approximate surface area is 113 Å². The lowest BCUT2D eigenvalue weighted by molar-refractivity contribution is 0.213. The third kappa shape index (κ3) is 2.96. The van der Waals surface area contributed by atoms with Crippen molar-refractivity contribution in [2.45, 2.75) is 19.4 Å². The molecule has 0 aromatic carbocycles. The average molecular weight is 263 g/mol. The molecule has 1 atom stereocenters. The van der Waals surface area contributed by atoms with E-state index in [4.69, 9.17) is 10.9 Å². The maximum Gasteiger partial charge on any atom is 0.188 e. The summed E-state index contributed by atoms with van der Waals surface area (Å²) in [5.41, 5.74) is 7.08. The van der Waals surface area contributed by atoms with Gasteiger partial charge in [-0.3, -0.25) is 9.88 Å². The van der Waals surface area contributed by atoms with Gasteiger partial charge in [0.05, 0.1) is 11.9 Å². The van der Waals surface area contributed by atoms with Crippen molar-refractivity contribution in [3.05, 3.63) is 24.0 Å². The fraction of sp³-hybridized carbons (Fsp3) is 0.538. The third-order valence-corrected chi connectivity index (χ3v) is 3.73. The fourth-order valence-electron chi connectivity index (χ4n) is 2.40. The first-order valence-electron chi connectivity index (χ1n) is 6.54.